The third-order valence-electron chi connectivity index (χ3n) is 4.52. The Kier molecular flexibility index (Phi) is 5.11. The van der Waals surface area contributed by atoms with Crippen molar-refractivity contribution in [3.63, 3.8) is 0 Å². The molecule has 1 heterocycles. The summed E-state index contributed by atoms with van der Waals surface area (Å²) in [4.78, 5) is 4.65. The first-order valence-corrected chi connectivity index (χ1v) is 8.51. The summed E-state index contributed by atoms with van der Waals surface area (Å²) in [5.41, 5.74) is 2.09. The third-order valence-corrected chi connectivity index (χ3v) is 4.52. The van der Waals surface area contributed by atoms with Crippen LogP contribution in [0, 0.1) is 0 Å². The van der Waals surface area contributed by atoms with Crippen LogP contribution >= 0.6 is 0 Å². The number of imidazole rings is 1. The standard InChI is InChI=1S/C18H26N2O2/c1-2-18-19-16-10-6-7-11-17(16)20(18)12-14(21)13-22-15-8-4-3-5-9-15/h6-7,10-11,14-15,21H,2-5,8-9,12-13H2,1H3/t14-/m0/s1. The monoisotopic (exact) mass is 302 g/mol. The molecule has 1 aliphatic rings. The second-order valence-electron chi connectivity index (χ2n) is 6.23. The van der Waals surface area contributed by atoms with E-state index in [0.717, 1.165) is 36.1 Å². The van der Waals surface area contributed by atoms with Crippen LogP contribution < -0.4 is 0 Å². The molecular weight excluding hydrogens is 276 g/mol. The topological polar surface area (TPSA) is 47.3 Å². The van der Waals surface area contributed by atoms with Gasteiger partial charge in [0, 0.05) is 6.42 Å². The summed E-state index contributed by atoms with van der Waals surface area (Å²) in [6, 6.07) is 8.11. The van der Waals surface area contributed by atoms with Gasteiger partial charge >= 0.3 is 0 Å². The molecule has 1 fully saturated rings. The number of ether oxygens (including phenoxy) is 1. The molecule has 0 radical (unpaired) electrons. The van der Waals surface area contributed by atoms with E-state index in [1.165, 1.54) is 19.3 Å². The number of aliphatic hydroxyl groups excluding tert-OH is 1. The molecule has 1 saturated carbocycles. The summed E-state index contributed by atoms with van der Waals surface area (Å²) in [5.74, 6) is 1.03. The quantitative estimate of drug-likeness (QED) is 0.890. The Labute approximate surface area is 132 Å². The van der Waals surface area contributed by atoms with Crippen molar-refractivity contribution in [2.45, 2.75) is 64.2 Å². The number of hydrogen-bond donors (Lipinski definition) is 1. The highest BCUT2D eigenvalue weighted by Gasteiger charge is 2.17. The second-order valence-corrected chi connectivity index (χ2v) is 6.23. The first-order valence-electron chi connectivity index (χ1n) is 8.51. The van der Waals surface area contributed by atoms with Crippen LogP contribution in [0.4, 0.5) is 0 Å². The van der Waals surface area contributed by atoms with E-state index < -0.39 is 6.10 Å². The molecule has 0 spiro atoms. The van der Waals surface area contributed by atoms with E-state index in [0.29, 0.717) is 19.3 Å². The van der Waals surface area contributed by atoms with E-state index in [1.807, 2.05) is 18.2 Å². The van der Waals surface area contributed by atoms with Gasteiger partial charge in [-0.1, -0.05) is 38.3 Å². The molecule has 22 heavy (non-hydrogen) atoms. The van der Waals surface area contributed by atoms with Crippen LogP contribution in [-0.2, 0) is 17.7 Å². The zero-order valence-electron chi connectivity index (χ0n) is 13.4. The Morgan fingerprint density at radius 3 is 2.82 bits per heavy atom. The minimum atomic E-state index is -0.482. The van der Waals surface area contributed by atoms with Crippen LogP contribution in [0.2, 0.25) is 0 Å². The van der Waals surface area contributed by atoms with E-state index in [-0.39, 0.29) is 0 Å². The highest BCUT2D eigenvalue weighted by Crippen LogP contribution is 2.21. The molecule has 2 aromatic rings. The number of aromatic nitrogens is 2. The smallest absolute Gasteiger partial charge is 0.109 e. The van der Waals surface area contributed by atoms with Gasteiger partial charge in [0.05, 0.1) is 36.4 Å². The largest absolute Gasteiger partial charge is 0.389 e. The van der Waals surface area contributed by atoms with Crippen LogP contribution in [-0.4, -0.2) is 33.5 Å². The maximum absolute atomic E-state index is 10.4. The van der Waals surface area contributed by atoms with E-state index in [1.54, 1.807) is 0 Å². The lowest BCUT2D eigenvalue weighted by molar-refractivity contribution is -0.0282. The van der Waals surface area contributed by atoms with Gasteiger partial charge in [0.15, 0.2) is 0 Å². The Balaban J connectivity index is 1.64. The summed E-state index contributed by atoms with van der Waals surface area (Å²) >= 11 is 0. The minimum Gasteiger partial charge on any atom is -0.389 e. The van der Waals surface area contributed by atoms with Gasteiger partial charge in [-0.2, -0.15) is 0 Å². The number of hydrogen-bond acceptors (Lipinski definition) is 3. The van der Waals surface area contributed by atoms with E-state index in [4.69, 9.17) is 4.74 Å². The Bertz CT molecular complexity index is 602. The minimum absolute atomic E-state index is 0.341. The number of nitrogens with zero attached hydrogens (tertiary/aromatic N) is 2. The van der Waals surface area contributed by atoms with Gasteiger partial charge in [0.25, 0.3) is 0 Å². The zero-order valence-corrected chi connectivity index (χ0v) is 13.4. The fourth-order valence-corrected chi connectivity index (χ4v) is 3.34. The molecule has 1 N–H and O–H groups in total. The second kappa shape index (κ2) is 7.25. The molecule has 1 atom stereocenters. The average molecular weight is 302 g/mol. The number of benzene rings is 1. The first kappa shape index (κ1) is 15.5. The van der Waals surface area contributed by atoms with E-state index in [2.05, 4.69) is 22.5 Å². The van der Waals surface area contributed by atoms with Crippen LogP contribution in [0.5, 0.6) is 0 Å². The highest BCUT2D eigenvalue weighted by atomic mass is 16.5. The fraction of sp³-hybridized carbons (Fsp3) is 0.611. The molecular formula is C18H26N2O2. The lowest BCUT2D eigenvalue weighted by Gasteiger charge is -2.23. The van der Waals surface area contributed by atoms with Crippen molar-refractivity contribution in [2.24, 2.45) is 0 Å². The van der Waals surface area contributed by atoms with E-state index in [9.17, 15) is 5.11 Å². The predicted molar refractivity (Wildman–Crippen MR) is 87.9 cm³/mol. The summed E-state index contributed by atoms with van der Waals surface area (Å²) in [6.45, 7) is 3.07. The molecule has 4 heteroatoms. The highest BCUT2D eigenvalue weighted by molar-refractivity contribution is 5.75. The van der Waals surface area contributed by atoms with Crippen LogP contribution in [0.15, 0.2) is 24.3 Å². The van der Waals surface area contributed by atoms with Gasteiger partial charge in [-0.05, 0) is 25.0 Å². The number of aryl methyl sites for hydroxylation is 1. The summed E-state index contributed by atoms with van der Waals surface area (Å²) in [5, 5.41) is 10.4. The van der Waals surface area contributed by atoms with Gasteiger partial charge in [0.2, 0.25) is 0 Å². The maximum Gasteiger partial charge on any atom is 0.109 e. The summed E-state index contributed by atoms with van der Waals surface area (Å²) < 4.78 is 8.02. The molecule has 1 aromatic carbocycles. The van der Waals surface area contributed by atoms with Crippen molar-refractivity contribution in [3.8, 4) is 0 Å². The Hall–Kier alpha value is -1.39. The van der Waals surface area contributed by atoms with Crippen LogP contribution in [0.1, 0.15) is 44.9 Å². The molecule has 1 aliphatic carbocycles. The fourth-order valence-electron chi connectivity index (χ4n) is 3.34. The summed E-state index contributed by atoms with van der Waals surface area (Å²) in [6.07, 6.45) is 6.84. The van der Waals surface area contributed by atoms with Crippen LogP contribution in [0.25, 0.3) is 11.0 Å². The van der Waals surface area contributed by atoms with Gasteiger partial charge in [-0.25, -0.2) is 4.98 Å². The molecule has 0 unspecified atom stereocenters. The lowest BCUT2D eigenvalue weighted by Crippen LogP contribution is -2.27. The van der Waals surface area contributed by atoms with Gasteiger partial charge in [0.1, 0.15) is 5.82 Å². The Morgan fingerprint density at radius 1 is 1.27 bits per heavy atom. The van der Waals surface area contributed by atoms with Crippen LogP contribution in [0.3, 0.4) is 0 Å². The van der Waals surface area contributed by atoms with Gasteiger partial charge in [-0.3, -0.25) is 0 Å². The van der Waals surface area contributed by atoms with Crippen molar-refractivity contribution in [1.82, 2.24) is 9.55 Å². The molecule has 3 rings (SSSR count). The number of para-hydroxylation sites is 2. The molecule has 4 nitrogen and oxygen atoms in total. The van der Waals surface area contributed by atoms with E-state index >= 15 is 0 Å². The third kappa shape index (κ3) is 3.50. The summed E-state index contributed by atoms with van der Waals surface area (Å²) in [7, 11) is 0. The zero-order chi connectivity index (χ0) is 15.4. The van der Waals surface area contributed by atoms with Crippen molar-refractivity contribution in [3.05, 3.63) is 30.1 Å². The SMILES string of the molecule is CCc1nc2ccccc2n1C[C@H](O)COC1CCCCC1. The molecule has 0 bridgehead atoms. The first-order chi connectivity index (χ1) is 10.8. The molecule has 0 amide bonds. The average Bonchev–Trinajstić information content (AvgIpc) is 2.92. The normalized spacial score (nSPS) is 17.9. The van der Waals surface area contributed by atoms with Crippen molar-refractivity contribution in [2.75, 3.05) is 6.61 Å². The molecule has 1 aromatic heterocycles. The molecule has 0 aliphatic heterocycles. The number of rotatable bonds is 6. The lowest BCUT2D eigenvalue weighted by atomic mass is 9.98. The van der Waals surface area contributed by atoms with Crippen molar-refractivity contribution < 1.29 is 9.84 Å². The van der Waals surface area contributed by atoms with Gasteiger partial charge in [-0.15, -0.1) is 0 Å². The Morgan fingerprint density at radius 2 is 2.05 bits per heavy atom. The molecule has 0 saturated heterocycles. The predicted octanol–water partition coefficient (Wildman–Crippen LogP) is 3.31. The van der Waals surface area contributed by atoms with Crippen molar-refractivity contribution >= 4 is 11.0 Å². The molecule has 120 valence electrons. The van der Waals surface area contributed by atoms with Gasteiger partial charge < -0.3 is 14.4 Å². The number of fused-ring (bicyclic) bond motifs is 1. The maximum atomic E-state index is 10.4. The van der Waals surface area contributed by atoms with Crippen molar-refractivity contribution in [1.29, 1.82) is 0 Å². The number of aliphatic hydroxyl groups is 1.